The van der Waals surface area contributed by atoms with Crippen molar-refractivity contribution in [3.8, 4) is 0 Å². The van der Waals surface area contributed by atoms with Crippen LogP contribution < -0.4 is 9.62 Å². The molecule has 1 unspecified atom stereocenters. The summed E-state index contributed by atoms with van der Waals surface area (Å²) in [6.07, 6.45) is -3.69. The van der Waals surface area contributed by atoms with Crippen LogP contribution in [0.25, 0.3) is 0 Å². The zero-order valence-corrected chi connectivity index (χ0v) is 24.4. The predicted molar refractivity (Wildman–Crippen MR) is 147 cm³/mol. The topological polar surface area (TPSA) is 86.8 Å². The molecule has 0 bridgehead atoms. The summed E-state index contributed by atoms with van der Waals surface area (Å²) >= 11 is 12.6. The van der Waals surface area contributed by atoms with Gasteiger partial charge in [0.1, 0.15) is 6.04 Å². The molecule has 0 aliphatic carbocycles. The van der Waals surface area contributed by atoms with Gasteiger partial charge in [-0.15, -0.1) is 0 Å². The maximum atomic E-state index is 13.5. The van der Waals surface area contributed by atoms with Gasteiger partial charge in [0.05, 0.1) is 17.5 Å². The minimum absolute atomic E-state index is 0.0167. The second-order valence-electron chi connectivity index (χ2n) is 9.30. The molecule has 0 spiro atoms. The van der Waals surface area contributed by atoms with E-state index in [0.717, 1.165) is 28.8 Å². The van der Waals surface area contributed by atoms with Crippen molar-refractivity contribution >= 4 is 50.7 Å². The predicted octanol–water partition coefficient (Wildman–Crippen LogP) is 5.89. The van der Waals surface area contributed by atoms with E-state index >= 15 is 0 Å². The number of alkyl halides is 3. The lowest BCUT2D eigenvalue weighted by atomic mass is 10.1. The van der Waals surface area contributed by atoms with Crippen molar-refractivity contribution in [2.24, 2.45) is 0 Å². The Morgan fingerprint density at radius 1 is 1.05 bits per heavy atom. The van der Waals surface area contributed by atoms with E-state index in [4.69, 9.17) is 23.2 Å². The van der Waals surface area contributed by atoms with E-state index in [0.29, 0.717) is 15.6 Å². The van der Waals surface area contributed by atoms with Crippen LogP contribution in [-0.2, 0) is 32.3 Å². The van der Waals surface area contributed by atoms with Crippen LogP contribution >= 0.6 is 23.2 Å². The molecule has 39 heavy (non-hydrogen) atoms. The Hall–Kier alpha value is -2.50. The second-order valence-corrected chi connectivity index (χ2v) is 12.0. The van der Waals surface area contributed by atoms with Crippen LogP contribution in [-0.4, -0.2) is 50.0 Å². The first-order chi connectivity index (χ1) is 18.1. The molecule has 0 saturated carbocycles. The third kappa shape index (κ3) is 9.29. The van der Waals surface area contributed by atoms with Crippen LogP contribution in [0.5, 0.6) is 0 Å². The van der Waals surface area contributed by atoms with Gasteiger partial charge in [-0.2, -0.15) is 13.2 Å². The first kappa shape index (κ1) is 32.7. The highest BCUT2D eigenvalue weighted by Gasteiger charge is 2.32. The number of sulfonamides is 1. The Bertz CT molecular complexity index is 1250. The lowest BCUT2D eigenvalue weighted by molar-refractivity contribution is -0.141. The standard InChI is InChI=1S/C26H32Cl2F3N3O4S/c1-5-23(25(36)32-17(2)3)33(16-20-21(27)11-7-12-22(20)28)24(35)13-8-14-34(39(4,37)38)19-10-6-9-18(15-19)26(29,30)31/h6-7,9-12,15,17,23H,5,8,13-14,16H2,1-4H3,(H,32,36). The summed E-state index contributed by atoms with van der Waals surface area (Å²) in [5.74, 6) is -0.833. The maximum Gasteiger partial charge on any atom is 0.416 e. The summed E-state index contributed by atoms with van der Waals surface area (Å²) < 4.78 is 65.3. The third-order valence-electron chi connectivity index (χ3n) is 5.82. The number of benzene rings is 2. The Labute approximate surface area is 237 Å². The molecule has 0 aliphatic rings. The summed E-state index contributed by atoms with van der Waals surface area (Å²) in [6, 6.07) is 7.81. The number of hydrogen-bond donors (Lipinski definition) is 1. The van der Waals surface area contributed by atoms with Gasteiger partial charge >= 0.3 is 6.18 Å². The van der Waals surface area contributed by atoms with Gasteiger partial charge in [0.2, 0.25) is 21.8 Å². The molecule has 0 aliphatic heterocycles. The molecular formula is C26H32Cl2F3N3O4S. The van der Waals surface area contributed by atoms with E-state index in [1.165, 1.54) is 11.0 Å². The lowest BCUT2D eigenvalue weighted by Crippen LogP contribution is -2.50. The average Bonchev–Trinajstić information content (AvgIpc) is 2.81. The van der Waals surface area contributed by atoms with E-state index in [1.807, 2.05) is 0 Å². The van der Waals surface area contributed by atoms with Crippen LogP contribution in [0, 0.1) is 0 Å². The van der Waals surface area contributed by atoms with Crippen LogP contribution in [0.4, 0.5) is 18.9 Å². The van der Waals surface area contributed by atoms with Crippen molar-refractivity contribution in [3.63, 3.8) is 0 Å². The zero-order chi connectivity index (χ0) is 29.5. The molecule has 0 aromatic heterocycles. The number of carbonyl (C=O) groups excluding carboxylic acids is 2. The highest BCUT2D eigenvalue weighted by Crippen LogP contribution is 2.32. The number of hydrogen-bond acceptors (Lipinski definition) is 4. The van der Waals surface area contributed by atoms with Gasteiger partial charge in [-0.05, 0) is 57.0 Å². The Morgan fingerprint density at radius 2 is 1.64 bits per heavy atom. The Morgan fingerprint density at radius 3 is 2.15 bits per heavy atom. The van der Waals surface area contributed by atoms with Crippen molar-refractivity contribution in [2.75, 3.05) is 17.1 Å². The normalized spacial score (nSPS) is 12.8. The van der Waals surface area contributed by atoms with Gasteiger partial charge in [-0.25, -0.2) is 8.42 Å². The van der Waals surface area contributed by atoms with E-state index < -0.39 is 33.7 Å². The van der Waals surface area contributed by atoms with Crippen molar-refractivity contribution in [2.45, 2.75) is 64.8 Å². The van der Waals surface area contributed by atoms with Crippen LogP contribution in [0.2, 0.25) is 10.0 Å². The highest BCUT2D eigenvalue weighted by molar-refractivity contribution is 7.92. The van der Waals surface area contributed by atoms with Crippen molar-refractivity contribution < 1.29 is 31.2 Å². The van der Waals surface area contributed by atoms with Crippen molar-refractivity contribution in [1.29, 1.82) is 0 Å². The zero-order valence-electron chi connectivity index (χ0n) is 22.1. The van der Waals surface area contributed by atoms with E-state index in [-0.39, 0.29) is 50.0 Å². The molecule has 2 amide bonds. The highest BCUT2D eigenvalue weighted by atomic mass is 35.5. The number of nitrogens with zero attached hydrogens (tertiary/aromatic N) is 2. The number of anilines is 1. The smallest absolute Gasteiger partial charge is 0.352 e. The summed E-state index contributed by atoms with van der Waals surface area (Å²) in [5, 5.41) is 3.42. The quantitative estimate of drug-likeness (QED) is 0.325. The largest absolute Gasteiger partial charge is 0.416 e. The third-order valence-corrected chi connectivity index (χ3v) is 7.72. The van der Waals surface area contributed by atoms with E-state index in [1.54, 1.807) is 39.0 Å². The van der Waals surface area contributed by atoms with Gasteiger partial charge in [-0.3, -0.25) is 13.9 Å². The number of carbonyl (C=O) groups is 2. The molecule has 1 atom stereocenters. The maximum absolute atomic E-state index is 13.5. The molecule has 216 valence electrons. The monoisotopic (exact) mass is 609 g/mol. The van der Waals surface area contributed by atoms with Crippen LogP contribution in [0.1, 0.15) is 51.2 Å². The molecule has 0 radical (unpaired) electrons. The van der Waals surface area contributed by atoms with Gasteiger partial charge in [0.25, 0.3) is 0 Å². The van der Waals surface area contributed by atoms with Crippen molar-refractivity contribution in [1.82, 2.24) is 10.2 Å². The average molecular weight is 611 g/mol. The molecule has 13 heteroatoms. The number of nitrogens with one attached hydrogen (secondary N) is 1. The minimum atomic E-state index is -4.65. The molecule has 0 saturated heterocycles. The Kier molecular flexibility index (Phi) is 11.5. The van der Waals surface area contributed by atoms with Gasteiger partial charge in [-0.1, -0.05) is 42.3 Å². The first-order valence-electron chi connectivity index (χ1n) is 12.2. The number of halogens is 5. The van der Waals surface area contributed by atoms with Crippen LogP contribution in [0.15, 0.2) is 42.5 Å². The fourth-order valence-electron chi connectivity index (χ4n) is 4.00. The van der Waals surface area contributed by atoms with E-state index in [9.17, 15) is 31.2 Å². The van der Waals surface area contributed by atoms with Gasteiger partial charge in [0, 0.05) is 41.2 Å². The fourth-order valence-corrected chi connectivity index (χ4v) is 5.47. The summed E-state index contributed by atoms with van der Waals surface area (Å²) in [6.45, 7) is 5.01. The molecule has 0 fully saturated rings. The second kappa shape index (κ2) is 13.7. The first-order valence-corrected chi connectivity index (χ1v) is 14.8. The van der Waals surface area contributed by atoms with Gasteiger partial charge < -0.3 is 10.2 Å². The molecule has 7 nitrogen and oxygen atoms in total. The summed E-state index contributed by atoms with van der Waals surface area (Å²) in [7, 11) is -3.96. The molecule has 2 aromatic carbocycles. The SMILES string of the molecule is CCC(C(=O)NC(C)C)N(Cc1c(Cl)cccc1Cl)C(=O)CCCN(c1cccc(C(F)(F)F)c1)S(C)(=O)=O. The molecule has 2 aromatic rings. The lowest BCUT2D eigenvalue weighted by Gasteiger charge is -2.32. The number of rotatable bonds is 12. The molecule has 2 rings (SSSR count). The molecular weight excluding hydrogens is 578 g/mol. The fraction of sp³-hybridized carbons (Fsp3) is 0.462. The van der Waals surface area contributed by atoms with Crippen molar-refractivity contribution in [3.05, 3.63) is 63.6 Å². The molecule has 0 heterocycles. The van der Waals surface area contributed by atoms with Crippen LogP contribution in [0.3, 0.4) is 0 Å². The Balaban J connectivity index is 2.31. The number of amides is 2. The van der Waals surface area contributed by atoms with E-state index in [2.05, 4.69) is 5.32 Å². The summed E-state index contributed by atoms with van der Waals surface area (Å²) in [4.78, 5) is 27.8. The summed E-state index contributed by atoms with van der Waals surface area (Å²) in [5.41, 5.74) is -0.705. The van der Waals surface area contributed by atoms with Gasteiger partial charge in [0.15, 0.2) is 0 Å². The molecule has 1 N–H and O–H groups in total. The minimum Gasteiger partial charge on any atom is -0.352 e.